The highest BCUT2D eigenvalue weighted by molar-refractivity contribution is 5.71. The summed E-state index contributed by atoms with van der Waals surface area (Å²) < 4.78 is 24.2. The third-order valence-electron chi connectivity index (χ3n) is 6.61. The first-order chi connectivity index (χ1) is 19.8. The van der Waals surface area contributed by atoms with Crippen LogP contribution in [0.25, 0.3) is 0 Å². The maximum Gasteiger partial charge on any atom is 0.351 e. The zero-order chi connectivity index (χ0) is 30.0. The van der Waals surface area contributed by atoms with E-state index < -0.39 is 48.1 Å². The van der Waals surface area contributed by atoms with E-state index in [2.05, 4.69) is 4.98 Å². The van der Waals surface area contributed by atoms with Crippen LogP contribution in [0.4, 0.5) is 5.82 Å². The fourth-order valence-corrected chi connectivity index (χ4v) is 4.39. The molecule has 1 fully saturated rings. The van der Waals surface area contributed by atoms with Gasteiger partial charge in [0.15, 0.2) is 18.4 Å². The SMILES string of the molecule is NCCCCCC(=O)OC[C@H]1O[C@@H](n2ccc(N)nc2=O)[C@H](OC(=O)CCCCCN)[C@@H]1OC(=O)CCCCCN. The summed E-state index contributed by atoms with van der Waals surface area (Å²) in [6.45, 7) is 1.29. The van der Waals surface area contributed by atoms with E-state index in [9.17, 15) is 19.2 Å². The monoisotopic (exact) mass is 582 g/mol. The summed E-state index contributed by atoms with van der Waals surface area (Å²) in [6.07, 6.45) is 3.50. The quantitative estimate of drug-likeness (QED) is 0.0941. The van der Waals surface area contributed by atoms with Crippen molar-refractivity contribution >= 4 is 23.7 Å². The van der Waals surface area contributed by atoms with Crippen molar-refractivity contribution in [2.75, 3.05) is 32.0 Å². The van der Waals surface area contributed by atoms with Gasteiger partial charge < -0.3 is 41.9 Å². The highest BCUT2D eigenvalue weighted by atomic mass is 16.7. The van der Waals surface area contributed by atoms with Gasteiger partial charge >= 0.3 is 23.6 Å². The first-order valence-electron chi connectivity index (χ1n) is 14.5. The molecule has 2 heterocycles. The number of nitrogens with zero attached hydrogens (tertiary/aromatic N) is 2. The lowest BCUT2D eigenvalue weighted by Gasteiger charge is -2.25. The third-order valence-corrected chi connectivity index (χ3v) is 6.61. The van der Waals surface area contributed by atoms with Crippen LogP contribution in [0.1, 0.15) is 83.3 Å². The predicted molar refractivity (Wildman–Crippen MR) is 150 cm³/mol. The molecule has 0 saturated carbocycles. The summed E-state index contributed by atoms with van der Waals surface area (Å²) in [5.41, 5.74) is 21.5. The Hall–Kier alpha value is -3.07. The molecule has 0 spiro atoms. The van der Waals surface area contributed by atoms with Gasteiger partial charge in [-0.15, -0.1) is 0 Å². The Morgan fingerprint density at radius 1 is 0.780 bits per heavy atom. The molecule has 1 aromatic rings. The molecule has 0 unspecified atom stereocenters. The summed E-state index contributed by atoms with van der Waals surface area (Å²) >= 11 is 0. The van der Waals surface area contributed by atoms with Crippen LogP contribution in [0.15, 0.2) is 17.1 Å². The molecule has 4 atom stereocenters. The van der Waals surface area contributed by atoms with Crippen molar-refractivity contribution in [1.82, 2.24) is 9.55 Å². The van der Waals surface area contributed by atoms with Crippen molar-refractivity contribution in [2.24, 2.45) is 17.2 Å². The van der Waals surface area contributed by atoms with Gasteiger partial charge in [-0.2, -0.15) is 4.98 Å². The molecule has 2 rings (SSSR count). The van der Waals surface area contributed by atoms with Crippen LogP contribution in [-0.4, -0.2) is 72.0 Å². The van der Waals surface area contributed by atoms with Gasteiger partial charge in [-0.25, -0.2) is 4.79 Å². The predicted octanol–water partition coefficient (Wildman–Crippen LogP) is 0.647. The molecular formula is C27H46N6O8. The normalized spacial score (nSPS) is 20.1. The second kappa shape index (κ2) is 19.1. The summed E-state index contributed by atoms with van der Waals surface area (Å²) in [6, 6.07) is 1.39. The van der Waals surface area contributed by atoms with E-state index in [-0.39, 0.29) is 31.7 Å². The van der Waals surface area contributed by atoms with Gasteiger partial charge in [-0.3, -0.25) is 19.0 Å². The largest absolute Gasteiger partial charge is 0.463 e. The van der Waals surface area contributed by atoms with Crippen LogP contribution in [0.2, 0.25) is 0 Å². The molecule has 1 aliphatic rings. The molecule has 0 amide bonds. The number of rotatable bonds is 20. The molecule has 41 heavy (non-hydrogen) atoms. The Morgan fingerprint density at radius 3 is 1.80 bits per heavy atom. The maximum absolute atomic E-state index is 12.8. The number of hydrogen-bond donors (Lipinski definition) is 4. The van der Waals surface area contributed by atoms with E-state index in [4.69, 9.17) is 41.9 Å². The van der Waals surface area contributed by atoms with Crippen molar-refractivity contribution < 1.29 is 33.3 Å². The molecule has 0 radical (unpaired) electrons. The van der Waals surface area contributed by atoms with Crippen molar-refractivity contribution in [3.8, 4) is 0 Å². The van der Waals surface area contributed by atoms with Gasteiger partial charge in [0.05, 0.1) is 0 Å². The Morgan fingerprint density at radius 2 is 1.29 bits per heavy atom. The van der Waals surface area contributed by atoms with Crippen molar-refractivity contribution in [3.05, 3.63) is 22.7 Å². The number of nitrogen functional groups attached to an aromatic ring is 1. The molecule has 232 valence electrons. The smallest absolute Gasteiger partial charge is 0.351 e. The van der Waals surface area contributed by atoms with E-state index in [0.29, 0.717) is 38.9 Å². The summed E-state index contributed by atoms with van der Waals surface area (Å²) in [5, 5.41) is 0. The lowest BCUT2D eigenvalue weighted by Crippen LogP contribution is -2.42. The van der Waals surface area contributed by atoms with Crippen LogP contribution in [0.3, 0.4) is 0 Å². The fraction of sp³-hybridized carbons (Fsp3) is 0.741. The van der Waals surface area contributed by atoms with E-state index in [1.54, 1.807) is 0 Å². The first kappa shape index (κ1) is 34.1. The Bertz CT molecular complexity index is 1010. The fourth-order valence-electron chi connectivity index (χ4n) is 4.39. The van der Waals surface area contributed by atoms with Crippen LogP contribution in [-0.2, 0) is 33.3 Å². The van der Waals surface area contributed by atoms with Crippen molar-refractivity contribution in [2.45, 2.75) is 102 Å². The van der Waals surface area contributed by atoms with Gasteiger partial charge in [0.1, 0.15) is 18.5 Å². The Labute approximate surface area is 240 Å². The maximum atomic E-state index is 12.8. The molecule has 1 saturated heterocycles. The lowest BCUT2D eigenvalue weighted by atomic mass is 10.1. The van der Waals surface area contributed by atoms with E-state index in [1.807, 2.05) is 0 Å². The van der Waals surface area contributed by atoms with Gasteiger partial charge in [-0.1, -0.05) is 19.3 Å². The van der Waals surface area contributed by atoms with Crippen LogP contribution in [0, 0.1) is 0 Å². The lowest BCUT2D eigenvalue weighted by molar-refractivity contribution is -0.169. The van der Waals surface area contributed by atoms with E-state index in [0.717, 1.165) is 43.1 Å². The number of ether oxygens (including phenoxy) is 4. The summed E-state index contributed by atoms with van der Waals surface area (Å²) in [4.78, 5) is 54.4. The molecular weight excluding hydrogens is 536 g/mol. The Balaban J connectivity index is 2.26. The molecule has 14 nitrogen and oxygen atoms in total. The molecule has 0 bridgehead atoms. The third kappa shape index (κ3) is 12.1. The van der Waals surface area contributed by atoms with Crippen LogP contribution >= 0.6 is 0 Å². The van der Waals surface area contributed by atoms with E-state index >= 15 is 0 Å². The van der Waals surface area contributed by atoms with Gasteiger partial charge in [-0.05, 0) is 64.2 Å². The number of unbranched alkanes of at least 4 members (excludes halogenated alkanes) is 6. The minimum atomic E-state index is -1.21. The molecule has 8 N–H and O–H groups in total. The molecule has 1 aromatic heterocycles. The Kier molecular flexibility index (Phi) is 15.9. The van der Waals surface area contributed by atoms with Crippen molar-refractivity contribution in [1.29, 1.82) is 0 Å². The van der Waals surface area contributed by atoms with Crippen LogP contribution in [0.5, 0.6) is 0 Å². The summed E-state index contributed by atoms with van der Waals surface area (Å²) in [7, 11) is 0. The highest BCUT2D eigenvalue weighted by Crippen LogP contribution is 2.34. The van der Waals surface area contributed by atoms with Crippen LogP contribution < -0.4 is 28.6 Å². The number of esters is 3. The minimum Gasteiger partial charge on any atom is -0.463 e. The minimum absolute atomic E-state index is 0.00160. The summed E-state index contributed by atoms with van der Waals surface area (Å²) in [5.74, 6) is -1.56. The zero-order valence-electron chi connectivity index (χ0n) is 23.7. The topological polar surface area (TPSA) is 227 Å². The van der Waals surface area contributed by atoms with Gasteiger partial charge in [0.2, 0.25) is 0 Å². The number of carbonyl (C=O) groups excluding carboxylic acids is 3. The molecule has 0 aliphatic carbocycles. The average molecular weight is 583 g/mol. The second-order valence-electron chi connectivity index (χ2n) is 10.00. The average Bonchev–Trinajstić information content (AvgIpc) is 3.26. The number of carbonyl (C=O) groups is 3. The van der Waals surface area contributed by atoms with Crippen molar-refractivity contribution in [3.63, 3.8) is 0 Å². The first-order valence-corrected chi connectivity index (χ1v) is 14.5. The van der Waals surface area contributed by atoms with Gasteiger partial charge in [0.25, 0.3) is 0 Å². The molecule has 0 aromatic carbocycles. The van der Waals surface area contributed by atoms with Gasteiger partial charge in [0, 0.05) is 25.5 Å². The number of aromatic nitrogens is 2. The standard InChI is InChI=1S/C27H46N6O8/c28-14-7-1-4-10-21(34)38-18-19-24(40-22(35)11-5-2-8-15-29)25(41-23(36)12-6-3-9-16-30)26(39-19)33-17-13-20(31)32-27(33)37/h13,17,19,24-26H,1-12,14-16,18,28-30H2,(H2,31,32,37)/t19-,24-,25-,26-/m1/s1. The number of nitrogens with two attached hydrogens (primary N) is 4. The number of hydrogen-bond acceptors (Lipinski definition) is 13. The zero-order valence-corrected chi connectivity index (χ0v) is 23.7. The highest BCUT2D eigenvalue weighted by Gasteiger charge is 2.51. The second-order valence-corrected chi connectivity index (χ2v) is 10.00. The number of anilines is 1. The molecule has 14 heteroatoms. The van der Waals surface area contributed by atoms with E-state index in [1.165, 1.54) is 12.3 Å². The molecule has 1 aliphatic heterocycles.